The number of aromatic nitrogens is 1. The van der Waals surface area contributed by atoms with Gasteiger partial charge in [0.1, 0.15) is 29.6 Å². The van der Waals surface area contributed by atoms with Gasteiger partial charge >= 0.3 is 0 Å². The molecule has 6 rings (SSSR count). The van der Waals surface area contributed by atoms with Crippen LogP contribution in [0.25, 0.3) is 0 Å². The van der Waals surface area contributed by atoms with Crippen LogP contribution in [0.15, 0.2) is 102 Å². The van der Waals surface area contributed by atoms with Crippen LogP contribution >= 0.6 is 0 Å². The molecule has 0 spiro atoms. The zero-order valence-electron chi connectivity index (χ0n) is 23.2. The van der Waals surface area contributed by atoms with Crippen molar-refractivity contribution in [3.8, 4) is 23.0 Å². The minimum absolute atomic E-state index is 0.186. The van der Waals surface area contributed by atoms with Crippen molar-refractivity contribution in [3.05, 3.63) is 147 Å². The lowest BCUT2D eigenvalue weighted by Crippen LogP contribution is -2.08. The molecule has 42 heavy (non-hydrogen) atoms. The number of ether oxygens (including phenoxy) is 1. The molecule has 0 saturated carbocycles. The zero-order valence-corrected chi connectivity index (χ0v) is 23.2. The molecule has 1 heterocycles. The topological polar surface area (TPSA) is 95.2 Å². The van der Waals surface area contributed by atoms with Crippen molar-refractivity contribution in [1.82, 2.24) is 4.98 Å². The molecule has 0 atom stereocenters. The number of rotatable bonds is 5. The number of fused-ring (bicyclic) bond motifs is 8. The Kier molecular flexibility index (Phi) is 7.86. The largest absolute Gasteiger partial charge is 0.507 e. The van der Waals surface area contributed by atoms with Crippen LogP contribution in [0.5, 0.6) is 23.0 Å². The van der Waals surface area contributed by atoms with Gasteiger partial charge in [-0.15, -0.1) is 0 Å². The normalized spacial score (nSPS) is 12.8. The summed E-state index contributed by atoms with van der Waals surface area (Å²) in [5.74, 6) is 1.35. The van der Waals surface area contributed by atoms with Gasteiger partial charge < -0.3 is 20.1 Å². The third-order valence-corrected chi connectivity index (χ3v) is 7.69. The van der Waals surface area contributed by atoms with Gasteiger partial charge in [0.15, 0.2) is 0 Å². The predicted molar refractivity (Wildman–Crippen MR) is 164 cm³/mol. The van der Waals surface area contributed by atoms with Gasteiger partial charge in [0, 0.05) is 38.1 Å². The van der Waals surface area contributed by atoms with Gasteiger partial charge in [-0.25, -0.2) is 0 Å². The second-order valence-corrected chi connectivity index (χ2v) is 10.5. The molecule has 4 aromatic carbocycles. The molecule has 0 amide bonds. The second-order valence-electron chi connectivity index (χ2n) is 10.5. The third-order valence-electron chi connectivity index (χ3n) is 7.69. The minimum atomic E-state index is 0.186. The highest BCUT2D eigenvalue weighted by atomic mass is 16.5. The average Bonchev–Trinajstić information content (AvgIpc) is 3.00. The molecule has 6 heteroatoms. The maximum absolute atomic E-state index is 11.3. The summed E-state index contributed by atoms with van der Waals surface area (Å²) in [6, 6.07) is 28.8. The lowest BCUT2D eigenvalue weighted by Gasteiger charge is -2.19. The van der Waals surface area contributed by atoms with E-state index >= 15 is 0 Å². The number of benzene rings is 4. The van der Waals surface area contributed by atoms with Crippen LogP contribution in [0.1, 0.15) is 50.2 Å². The summed E-state index contributed by atoms with van der Waals surface area (Å²) in [6.45, 7) is 0.812. The number of phenolic OH excluding ortho intramolecular Hbond substituents is 3. The average molecular weight is 557 g/mol. The van der Waals surface area contributed by atoms with E-state index in [0.29, 0.717) is 38.8 Å². The lowest BCUT2D eigenvalue weighted by molar-refractivity contribution is 0.323. The van der Waals surface area contributed by atoms with Crippen molar-refractivity contribution < 1.29 is 20.1 Å². The summed E-state index contributed by atoms with van der Waals surface area (Å²) in [5.41, 5.74) is 7.11. The molecule has 0 saturated heterocycles. The Morgan fingerprint density at radius 3 is 1.43 bits per heavy atom. The molecule has 0 radical (unpaired) electrons. The van der Waals surface area contributed by atoms with Gasteiger partial charge in [-0.2, -0.15) is 0 Å². The number of pyridine rings is 1. The van der Waals surface area contributed by atoms with E-state index in [2.05, 4.69) is 9.98 Å². The Balaban J connectivity index is 1.39. The number of aromatic hydroxyl groups is 3. The van der Waals surface area contributed by atoms with Gasteiger partial charge in [-0.3, -0.25) is 9.98 Å². The first kappa shape index (κ1) is 27.1. The SMILES string of the molecule is Oc1c2cccc1Cc1cccc(c1O)Cc1cccc(c1OCCN=Cc1ccccn1)Cc1cccc(c1O)C2. The van der Waals surface area contributed by atoms with Crippen LogP contribution in [0, 0.1) is 0 Å². The highest BCUT2D eigenvalue weighted by Crippen LogP contribution is 2.37. The number of para-hydroxylation sites is 4. The number of nitrogens with zero attached hydrogens (tertiary/aromatic N) is 2. The summed E-state index contributed by atoms with van der Waals surface area (Å²) in [4.78, 5) is 8.75. The molecule has 0 unspecified atom stereocenters. The van der Waals surface area contributed by atoms with Crippen LogP contribution in [0.4, 0.5) is 0 Å². The van der Waals surface area contributed by atoms with E-state index in [0.717, 1.165) is 56.0 Å². The maximum Gasteiger partial charge on any atom is 0.126 e. The number of hydrogen-bond acceptors (Lipinski definition) is 6. The highest BCUT2D eigenvalue weighted by molar-refractivity contribution is 5.76. The summed E-state index contributed by atoms with van der Waals surface area (Å²) >= 11 is 0. The van der Waals surface area contributed by atoms with Crippen LogP contribution in [-0.2, 0) is 25.7 Å². The number of phenols is 3. The van der Waals surface area contributed by atoms with Crippen LogP contribution in [0.3, 0.4) is 0 Å². The number of hydrogen-bond donors (Lipinski definition) is 3. The van der Waals surface area contributed by atoms with Crippen molar-refractivity contribution in [1.29, 1.82) is 0 Å². The van der Waals surface area contributed by atoms with Gasteiger partial charge in [0.25, 0.3) is 0 Å². The molecule has 3 N–H and O–H groups in total. The summed E-state index contributed by atoms with van der Waals surface area (Å²) in [7, 11) is 0. The summed E-state index contributed by atoms with van der Waals surface area (Å²) in [5, 5.41) is 33.8. The van der Waals surface area contributed by atoms with Crippen molar-refractivity contribution in [3.63, 3.8) is 0 Å². The molecule has 0 fully saturated rings. The van der Waals surface area contributed by atoms with Gasteiger partial charge in [0.05, 0.1) is 12.2 Å². The van der Waals surface area contributed by atoms with E-state index < -0.39 is 0 Å². The van der Waals surface area contributed by atoms with Gasteiger partial charge in [-0.1, -0.05) is 78.9 Å². The van der Waals surface area contributed by atoms with Crippen LogP contribution in [0.2, 0.25) is 0 Å². The Labute approximate surface area is 245 Å². The van der Waals surface area contributed by atoms with Gasteiger partial charge in [-0.05, 0) is 56.6 Å². The molecule has 6 nitrogen and oxygen atoms in total. The standard InChI is InChI=1S/C36H32N2O4/c39-33-24-7-3-8-25(33)20-27-10-5-12-29(35(27)41)22-31-14-6-13-30(21-28-11-4-9-26(19-24)34(28)40)36(31)42-18-17-37-23-32-15-1-2-16-38-32/h1-16,23,39-41H,17-22H2. The van der Waals surface area contributed by atoms with Gasteiger partial charge in [0.2, 0.25) is 0 Å². The fourth-order valence-corrected chi connectivity index (χ4v) is 5.52. The molecular formula is C36H32N2O4. The Bertz CT molecular complexity index is 1650. The monoisotopic (exact) mass is 556 g/mol. The van der Waals surface area contributed by atoms with Crippen LogP contribution < -0.4 is 4.74 Å². The Morgan fingerprint density at radius 2 is 1.00 bits per heavy atom. The van der Waals surface area contributed by atoms with Crippen molar-refractivity contribution in [2.45, 2.75) is 25.7 Å². The zero-order chi connectivity index (χ0) is 28.9. The first-order valence-electron chi connectivity index (χ1n) is 14.1. The van der Waals surface area contributed by atoms with E-state index in [4.69, 9.17) is 4.74 Å². The molecule has 5 aromatic rings. The fraction of sp³-hybridized carbons (Fsp3) is 0.167. The fourth-order valence-electron chi connectivity index (χ4n) is 5.52. The van der Waals surface area contributed by atoms with Crippen molar-refractivity contribution in [2.24, 2.45) is 4.99 Å². The van der Waals surface area contributed by atoms with E-state index in [9.17, 15) is 15.3 Å². The highest BCUT2D eigenvalue weighted by Gasteiger charge is 2.19. The molecular weight excluding hydrogens is 524 g/mol. The van der Waals surface area contributed by atoms with E-state index in [1.54, 1.807) is 12.4 Å². The van der Waals surface area contributed by atoms with E-state index in [1.807, 2.05) is 91.0 Å². The molecule has 8 bridgehead atoms. The number of aliphatic imine (C=N–C) groups is 1. The quantitative estimate of drug-likeness (QED) is 0.169. The first-order chi connectivity index (χ1) is 20.6. The summed E-state index contributed by atoms with van der Waals surface area (Å²) < 4.78 is 6.39. The molecule has 1 aromatic heterocycles. The maximum atomic E-state index is 11.3. The van der Waals surface area contributed by atoms with E-state index in [1.165, 1.54) is 0 Å². The molecule has 210 valence electrons. The minimum Gasteiger partial charge on any atom is -0.507 e. The molecule has 1 aliphatic rings. The van der Waals surface area contributed by atoms with Crippen molar-refractivity contribution >= 4 is 6.21 Å². The van der Waals surface area contributed by atoms with Crippen LogP contribution in [-0.4, -0.2) is 39.7 Å². The smallest absolute Gasteiger partial charge is 0.126 e. The summed E-state index contributed by atoms with van der Waals surface area (Å²) in [6.07, 6.45) is 5.14. The molecule has 0 aliphatic heterocycles. The third kappa shape index (κ3) is 5.84. The molecule has 1 aliphatic carbocycles. The lowest BCUT2D eigenvalue weighted by atomic mass is 9.91. The Hall–Kier alpha value is -5.10. The Morgan fingerprint density at radius 1 is 0.571 bits per heavy atom. The predicted octanol–water partition coefficient (Wildman–Crippen LogP) is 6.37. The second kappa shape index (κ2) is 12.2. The van der Waals surface area contributed by atoms with E-state index in [-0.39, 0.29) is 17.2 Å². The first-order valence-corrected chi connectivity index (χ1v) is 14.1. The van der Waals surface area contributed by atoms with Crippen molar-refractivity contribution in [2.75, 3.05) is 13.2 Å².